The van der Waals surface area contributed by atoms with E-state index in [-0.39, 0.29) is 10.8 Å². The molecule has 4 nitrogen and oxygen atoms in total. The van der Waals surface area contributed by atoms with E-state index in [1.54, 1.807) is 12.1 Å². The molecule has 0 aromatic heterocycles. The van der Waals surface area contributed by atoms with Crippen LogP contribution in [0, 0.1) is 0 Å². The van der Waals surface area contributed by atoms with Gasteiger partial charge in [-0.1, -0.05) is 13.0 Å². The van der Waals surface area contributed by atoms with Crippen LogP contribution in [0.25, 0.3) is 0 Å². The summed E-state index contributed by atoms with van der Waals surface area (Å²) in [6.07, 6.45) is 1.97. The molecule has 0 aliphatic carbocycles. The first kappa shape index (κ1) is 12.7. The maximum atomic E-state index is 11.6. The van der Waals surface area contributed by atoms with Crippen LogP contribution >= 0.6 is 0 Å². The Labute approximate surface area is 95.6 Å². The highest BCUT2D eigenvalue weighted by Crippen LogP contribution is 2.11. The SMILES string of the molecule is CCCNC(=O)c1cccc(S(C)(=O)=O)c1. The molecule has 0 spiro atoms. The van der Waals surface area contributed by atoms with Crippen molar-refractivity contribution in [2.45, 2.75) is 18.2 Å². The van der Waals surface area contributed by atoms with Gasteiger partial charge in [0.05, 0.1) is 4.90 Å². The van der Waals surface area contributed by atoms with Crippen molar-refractivity contribution in [3.63, 3.8) is 0 Å². The fourth-order valence-electron chi connectivity index (χ4n) is 1.21. The average molecular weight is 241 g/mol. The lowest BCUT2D eigenvalue weighted by Gasteiger charge is -2.04. The molecular weight excluding hydrogens is 226 g/mol. The molecule has 0 saturated heterocycles. The van der Waals surface area contributed by atoms with Crippen LogP contribution in [0.3, 0.4) is 0 Å². The van der Waals surface area contributed by atoms with Crippen LogP contribution in [-0.4, -0.2) is 27.1 Å². The van der Waals surface area contributed by atoms with E-state index >= 15 is 0 Å². The Morgan fingerprint density at radius 2 is 2.06 bits per heavy atom. The van der Waals surface area contributed by atoms with E-state index in [0.717, 1.165) is 12.7 Å². The molecule has 0 saturated carbocycles. The molecule has 1 aromatic rings. The highest BCUT2D eigenvalue weighted by Gasteiger charge is 2.10. The predicted molar refractivity (Wildman–Crippen MR) is 62.2 cm³/mol. The summed E-state index contributed by atoms with van der Waals surface area (Å²) in [6, 6.07) is 6.03. The molecule has 0 fully saturated rings. The van der Waals surface area contributed by atoms with Crippen molar-refractivity contribution in [1.29, 1.82) is 0 Å². The summed E-state index contributed by atoms with van der Waals surface area (Å²) >= 11 is 0. The van der Waals surface area contributed by atoms with Crippen LogP contribution < -0.4 is 5.32 Å². The highest BCUT2D eigenvalue weighted by atomic mass is 32.2. The molecule has 0 aliphatic rings. The van der Waals surface area contributed by atoms with Gasteiger partial charge in [-0.15, -0.1) is 0 Å². The number of sulfone groups is 1. The monoisotopic (exact) mass is 241 g/mol. The van der Waals surface area contributed by atoms with Crippen LogP contribution in [0.4, 0.5) is 0 Å². The van der Waals surface area contributed by atoms with Crippen molar-refractivity contribution >= 4 is 15.7 Å². The van der Waals surface area contributed by atoms with Gasteiger partial charge in [0.15, 0.2) is 9.84 Å². The van der Waals surface area contributed by atoms with Gasteiger partial charge in [0.1, 0.15) is 0 Å². The normalized spacial score (nSPS) is 11.1. The molecule has 0 unspecified atom stereocenters. The van der Waals surface area contributed by atoms with Crippen molar-refractivity contribution < 1.29 is 13.2 Å². The second kappa shape index (κ2) is 5.12. The molecule has 1 N–H and O–H groups in total. The van der Waals surface area contributed by atoms with Crippen LogP contribution in [0.2, 0.25) is 0 Å². The van der Waals surface area contributed by atoms with Crippen LogP contribution in [0.5, 0.6) is 0 Å². The second-order valence-electron chi connectivity index (χ2n) is 3.56. The summed E-state index contributed by atoms with van der Waals surface area (Å²) in [7, 11) is -3.26. The number of rotatable bonds is 4. The average Bonchev–Trinajstić information content (AvgIpc) is 2.25. The molecule has 0 bridgehead atoms. The van der Waals surface area contributed by atoms with Gasteiger partial charge in [0, 0.05) is 18.4 Å². The number of benzene rings is 1. The van der Waals surface area contributed by atoms with Gasteiger partial charge in [0.25, 0.3) is 5.91 Å². The third-order valence-electron chi connectivity index (χ3n) is 2.06. The Morgan fingerprint density at radius 3 is 2.62 bits per heavy atom. The van der Waals surface area contributed by atoms with Gasteiger partial charge in [-0.3, -0.25) is 4.79 Å². The quantitative estimate of drug-likeness (QED) is 0.862. The van der Waals surface area contributed by atoms with E-state index in [1.165, 1.54) is 12.1 Å². The molecule has 88 valence electrons. The fraction of sp³-hybridized carbons (Fsp3) is 0.364. The first-order chi connectivity index (χ1) is 7.45. The molecule has 16 heavy (non-hydrogen) atoms. The van der Waals surface area contributed by atoms with E-state index in [1.807, 2.05) is 6.92 Å². The Balaban J connectivity index is 2.95. The minimum atomic E-state index is -3.26. The minimum absolute atomic E-state index is 0.164. The summed E-state index contributed by atoms with van der Waals surface area (Å²) < 4.78 is 22.6. The van der Waals surface area contributed by atoms with E-state index < -0.39 is 9.84 Å². The van der Waals surface area contributed by atoms with Crippen LogP contribution in [0.1, 0.15) is 23.7 Å². The minimum Gasteiger partial charge on any atom is -0.352 e. The van der Waals surface area contributed by atoms with Gasteiger partial charge in [-0.25, -0.2) is 8.42 Å². The number of amides is 1. The standard InChI is InChI=1S/C11H15NO3S/c1-3-7-12-11(13)9-5-4-6-10(8-9)16(2,14)15/h4-6,8H,3,7H2,1-2H3,(H,12,13). The molecule has 0 radical (unpaired) electrons. The molecule has 0 aliphatic heterocycles. The third-order valence-corrected chi connectivity index (χ3v) is 3.17. The van der Waals surface area contributed by atoms with E-state index in [4.69, 9.17) is 0 Å². The zero-order chi connectivity index (χ0) is 12.2. The van der Waals surface area contributed by atoms with Gasteiger partial charge in [-0.05, 0) is 24.6 Å². The largest absolute Gasteiger partial charge is 0.352 e. The van der Waals surface area contributed by atoms with Crippen molar-refractivity contribution in [3.05, 3.63) is 29.8 Å². The first-order valence-corrected chi connectivity index (χ1v) is 6.92. The summed E-state index contributed by atoms with van der Waals surface area (Å²) in [5.41, 5.74) is 0.372. The Kier molecular flexibility index (Phi) is 4.06. The molecule has 0 heterocycles. The van der Waals surface area contributed by atoms with Crippen molar-refractivity contribution in [2.24, 2.45) is 0 Å². The second-order valence-corrected chi connectivity index (χ2v) is 5.57. The van der Waals surface area contributed by atoms with Crippen LogP contribution in [-0.2, 0) is 9.84 Å². The Hall–Kier alpha value is -1.36. The Morgan fingerprint density at radius 1 is 1.38 bits per heavy atom. The molecule has 1 rings (SSSR count). The molecular formula is C11H15NO3S. The predicted octanol–water partition coefficient (Wildman–Crippen LogP) is 1.23. The molecule has 0 atom stereocenters. The summed E-state index contributed by atoms with van der Waals surface area (Å²) in [4.78, 5) is 11.7. The lowest BCUT2D eigenvalue weighted by Crippen LogP contribution is -2.24. The van der Waals surface area contributed by atoms with Gasteiger partial charge >= 0.3 is 0 Å². The number of hydrogen-bond acceptors (Lipinski definition) is 3. The number of nitrogens with one attached hydrogen (secondary N) is 1. The number of carbonyl (C=O) groups excluding carboxylic acids is 1. The van der Waals surface area contributed by atoms with E-state index in [2.05, 4.69) is 5.32 Å². The van der Waals surface area contributed by atoms with E-state index in [0.29, 0.717) is 12.1 Å². The topological polar surface area (TPSA) is 63.2 Å². The lowest BCUT2D eigenvalue weighted by atomic mass is 10.2. The maximum Gasteiger partial charge on any atom is 0.251 e. The van der Waals surface area contributed by atoms with E-state index in [9.17, 15) is 13.2 Å². The van der Waals surface area contributed by atoms with Gasteiger partial charge < -0.3 is 5.32 Å². The summed E-state index contributed by atoms with van der Waals surface area (Å²) in [6.45, 7) is 2.54. The smallest absolute Gasteiger partial charge is 0.251 e. The van der Waals surface area contributed by atoms with Crippen molar-refractivity contribution in [2.75, 3.05) is 12.8 Å². The number of carbonyl (C=O) groups is 1. The first-order valence-electron chi connectivity index (χ1n) is 5.03. The summed E-state index contributed by atoms with van der Waals surface area (Å²) in [5.74, 6) is -0.243. The zero-order valence-electron chi connectivity index (χ0n) is 9.36. The lowest BCUT2D eigenvalue weighted by molar-refractivity contribution is 0.0953. The molecule has 1 aromatic carbocycles. The fourth-order valence-corrected chi connectivity index (χ4v) is 1.88. The van der Waals surface area contributed by atoms with Crippen LogP contribution in [0.15, 0.2) is 29.2 Å². The van der Waals surface area contributed by atoms with Gasteiger partial charge in [0.2, 0.25) is 0 Å². The van der Waals surface area contributed by atoms with Gasteiger partial charge in [-0.2, -0.15) is 0 Å². The summed E-state index contributed by atoms with van der Waals surface area (Å²) in [5, 5.41) is 2.69. The molecule has 5 heteroatoms. The zero-order valence-corrected chi connectivity index (χ0v) is 10.2. The van der Waals surface area contributed by atoms with Crippen molar-refractivity contribution in [1.82, 2.24) is 5.32 Å². The Bertz CT molecular complexity index is 480. The third kappa shape index (κ3) is 3.34. The highest BCUT2D eigenvalue weighted by molar-refractivity contribution is 7.90. The number of hydrogen-bond donors (Lipinski definition) is 1. The maximum absolute atomic E-state index is 11.6. The molecule has 1 amide bonds. The van der Waals surface area contributed by atoms with Crippen molar-refractivity contribution in [3.8, 4) is 0 Å².